The predicted octanol–water partition coefficient (Wildman–Crippen LogP) is 2.07. The minimum absolute atomic E-state index is 0.0688. The van der Waals surface area contributed by atoms with Crippen LogP contribution in [0.4, 0.5) is 0 Å². The van der Waals surface area contributed by atoms with E-state index in [2.05, 4.69) is 18.7 Å². The van der Waals surface area contributed by atoms with Crippen LogP contribution in [0.5, 0.6) is 0 Å². The standard InChI is InChI=1S/C15H20O3/c1-2-3-13(16)12-9-18-14(17)15(12)8-10-4-6-11(15)7-5-10/h2,4,6,10-13,16H,1,3,5,7-9H2/t10-,11+,12+,13?,15+/m0/s1. The van der Waals surface area contributed by atoms with Crippen molar-refractivity contribution in [3.8, 4) is 0 Å². The third-order valence-corrected chi connectivity index (χ3v) is 5.03. The van der Waals surface area contributed by atoms with Crippen LogP contribution in [0.15, 0.2) is 24.8 Å². The van der Waals surface area contributed by atoms with Crippen LogP contribution in [0, 0.1) is 23.2 Å². The lowest BCUT2D eigenvalue weighted by atomic mass is 9.54. The van der Waals surface area contributed by atoms with E-state index in [-0.39, 0.29) is 17.8 Å². The van der Waals surface area contributed by atoms with Crippen LogP contribution >= 0.6 is 0 Å². The van der Waals surface area contributed by atoms with E-state index < -0.39 is 11.5 Å². The Kier molecular flexibility index (Phi) is 2.81. The topological polar surface area (TPSA) is 46.5 Å². The Hall–Kier alpha value is -1.09. The smallest absolute Gasteiger partial charge is 0.313 e. The second-order valence-electron chi connectivity index (χ2n) is 5.87. The summed E-state index contributed by atoms with van der Waals surface area (Å²) in [6.45, 7) is 4.04. The molecular weight excluding hydrogens is 228 g/mol. The summed E-state index contributed by atoms with van der Waals surface area (Å²) in [5, 5.41) is 10.3. The zero-order valence-corrected chi connectivity index (χ0v) is 10.5. The molecule has 18 heavy (non-hydrogen) atoms. The summed E-state index contributed by atoms with van der Waals surface area (Å²) in [6, 6.07) is 0. The van der Waals surface area contributed by atoms with Gasteiger partial charge in [0.1, 0.15) is 0 Å². The average molecular weight is 248 g/mol. The van der Waals surface area contributed by atoms with Gasteiger partial charge in [0.15, 0.2) is 0 Å². The molecule has 0 radical (unpaired) electrons. The van der Waals surface area contributed by atoms with Gasteiger partial charge in [-0.05, 0) is 37.5 Å². The maximum absolute atomic E-state index is 12.3. The largest absolute Gasteiger partial charge is 0.465 e. The van der Waals surface area contributed by atoms with Crippen molar-refractivity contribution in [3.05, 3.63) is 24.8 Å². The van der Waals surface area contributed by atoms with E-state index in [1.54, 1.807) is 6.08 Å². The van der Waals surface area contributed by atoms with Crippen molar-refractivity contribution in [2.45, 2.75) is 31.8 Å². The molecule has 5 atom stereocenters. The first-order chi connectivity index (χ1) is 8.68. The third-order valence-electron chi connectivity index (χ3n) is 5.03. The van der Waals surface area contributed by atoms with Gasteiger partial charge in [0.25, 0.3) is 0 Å². The minimum Gasteiger partial charge on any atom is -0.465 e. The number of fused-ring (bicyclic) bond motifs is 1. The Labute approximate surface area is 108 Å². The summed E-state index contributed by atoms with van der Waals surface area (Å²) < 4.78 is 5.31. The van der Waals surface area contributed by atoms with Crippen LogP contribution in [0.25, 0.3) is 0 Å². The SMILES string of the molecule is C=CCC(O)[C@H]1COC(=O)[C@@]12C[C@H]1C=C[C@@H]2CC1. The molecule has 1 saturated carbocycles. The Morgan fingerprint density at radius 1 is 1.56 bits per heavy atom. The summed E-state index contributed by atoms with van der Waals surface area (Å²) in [5.41, 5.74) is -0.458. The summed E-state index contributed by atoms with van der Waals surface area (Å²) in [6.07, 6.45) is 9.23. The Bertz CT molecular complexity index is 401. The molecule has 4 rings (SSSR count). The van der Waals surface area contributed by atoms with Crippen molar-refractivity contribution in [1.29, 1.82) is 0 Å². The highest BCUT2D eigenvalue weighted by Gasteiger charge is 2.61. The fraction of sp³-hybridized carbons (Fsp3) is 0.667. The van der Waals surface area contributed by atoms with Gasteiger partial charge in [-0.1, -0.05) is 18.2 Å². The number of aliphatic hydroxyl groups is 1. The highest BCUT2D eigenvalue weighted by Crippen LogP contribution is 2.57. The Balaban J connectivity index is 1.94. The number of hydrogen-bond acceptors (Lipinski definition) is 3. The molecule has 1 aliphatic heterocycles. The fourth-order valence-corrected chi connectivity index (χ4v) is 4.11. The van der Waals surface area contributed by atoms with E-state index in [1.807, 2.05) is 0 Å². The second kappa shape index (κ2) is 4.23. The van der Waals surface area contributed by atoms with E-state index >= 15 is 0 Å². The number of esters is 1. The first-order valence-electron chi connectivity index (χ1n) is 6.83. The third kappa shape index (κ3) is 1.50. The van der Waals surface area contributed by atoms with E-state index in [1.165, 1.54) is 6.42 Å². The Morgan fingerprint density at radius 3 is 2.94 bits per heavy atom. The lowest BCUT2D eigenvalue weighted by Crippen LogP contribution is -2.49. The monoisotopic (exact) mass is 248 g/mol. The zero-order valence-electron chi connectivity index (χ0n) is 10.5. The van der Waals surface area contributed by atoms with Gasteiger partial charge < -0.3 is 9.84 Å². The lowest BCUT2D eigenvalue weighted by Gasteiger charge is -2.47. The quantitative estimate of drug-likeness (QED) is 0.614. The first kappa shape index (κ1) is 12.0. The summed E-state index contributed by atoms with van der Waals surface area (Å²) in [4.78, 5) is 12.3. The van der Waals surface area contributed by atoms with Crippen molar-refractivity contribution < 1.29 is 14.6 Å². The number of ether oxygens (including phenoxy) is 1. The normalized spacial score (nSPS) is 43.2. The van der Waals surface area contributed by atoms with Gasteiger partial charge in [-0.25, -0.2) is 0 Å². The zero-order chi connectivity index (χ0) is 12.8. The number of aliphatic hydroxyl groups excluding tert-OH is 1. The molecule has 3 nitrogen and oxygen atoms in total. The maximum Gasteiger partial charge on any atom is 0.313 e. The molecule has 1 saturated heterocycles. The first-order valence-corrected chi connectivity index (χ1v) is 6.83. The van der Waals surface area contributed by atoms with Gasteiger partial charge in [0.05, 0.1) is 18.1 Å². The number of hydrogen-bond donors (Lipinski definition) is 1. The fourth-order valence-electron chi connectivity index (χ4n) is 4.11. The lowest BCUT2D eigenvalue weighted by molar-refractivity contribution is -0.152. The van der Waals surface area contributed by atoms with E-state index in [4.69, 9.17) is 4.74 Å². The molecule has 98 valence electrons. The molecule has 1 spiro atoms. The maximum atomic E-state index is 12.3. The molecule has 1 heterocycles. The minimum atomic E-state index is -0.512. The number of cyclic esters (lactones) is 1. The molecular formula is C15H20O3. The van der Waals surface area contributed by atoms with Crippen LogP contribution in [0.1, 0.15) is 25.7 Å². The molecule has 0 aromatic heterocycles. The van der Waals surface area contributed by atoms with Gasteiger partial charge in [-0.2, -0.15) is 0 Å². The Morgan fingerprint density at radius 2 is 2.39 bits per heavy atom. The molecule has 0 aromatic rings. The van der Waals surface area contributed by atoms with Crippen molar-refractivity contribution >= 4 is 5.97 Å². The van der Waals surface area contributed by atoms with Crippen molar-refractivity contribution in [2.24, 2.45) is 23.2 Å². The van der Waals surface area contributed by atoms with E-state index in [0.29, 0.717) is 18.9 Å². The average Bonchev–Trinajstić information content (AvgIpc) is 2.69. The second-order valence-corrected chi connectivity index (χ2v) is 5.87. The van der Waals surface area contributed by atoms with Crippen molar-refractivity contribution in [3.63, 3.8) is 0 Å². The number of rotatable bonds is 3. The number of allylic oxidation sites excluding steroid dienone is 2. The van der Waals surface area contributed by atoms with Gasteiger partial charge >= 0.3 is 5.97 Å². The molecule has 4 aliphatic rings. The molecule has 1 unspecified atom stereocenters. The van der Waals surface area contributed by atoms with Gasteiger partial charge in [-0.15, -0.1) is 6.58 Å². The molecule has 0 aromatic carbocycles. The van der Waals surface area contributed by atoms with E-state index in [0.717, 1.165) is 12.8 Å². The predicted molar refractivity (Wildman–Crippen MR) is 67.7 cm³/mol. The van der Waals surface area contributed by atoms with E-state index in [9.17, 15) is 9.90 Å². The van der Waals surface area contributed by atoms with Crippen LogP contribution < -0.4 is 0 Å². The van der Waals surface area contributed by atoms with Crippen molar-refractivity contribution in [1.82, 2.24) is 0 Å². The van der Waals surface area contributed by atoms with Crippen LogP contribution in [-0.2, 0) is 9.53 Å². The summed E-state index contributed by atoms with van der Waals surface area (Å²) in [7, 11) is 0. The molecule has 1 N–H and O–H groups in total. The molecule has 2 fully saturated rings. The number of carbonyl (C=O) groups is 1. The van der Waals surface area contributed by atoms with Gasteiger partial charge in [0, 0.05) is 5.92 Å². The summed E-state index contributed by atoms with van der Waals surface area (Å²) in [5.74, 6) is 0.580. The van der Waals surface area contributed by atoms with Gasteiger partial charge in [0.2, 0.25) is 0 Å². The highest BCUT2D eigenvalue weighted by molar-refractivity contribution is 5.80. The molecule has 3 aliphatic carbocycles. The van der Waals surface area contributed by atoms with Crippen LogP contribution in [0.2, 0.25) is 0 Å². The van der Waals surface area contributed by atoms with Crippen LogP contribution in [-0.4, -0.2) is 23.8 Å². The molecule has 2 bridgehead atoms. The number of carbonyl (C=O) groups excluding carboxylic acids is 1. The van der Waals surface area contributed by atoms with Gasteiger partial charge in [-0.3, -0.25) is 4.79 Å². The van der Waals surface area contributed by atoms with Crippen molar-refractivity contribution in [2.75, 3.05) is 6.61 Å². The van der Waals surface area contributed by atoms with Crippen LogP contribution in [0.3, 0.4) is 0 Å². The molecule has 3 heteroatoms. The summed E-state index contributed by atoms with van der Waals surface area (Å²) >= 11 is 0. The molecule has 0 amide bonds. The highest BCUT2D eigenvalue weighted by atomic mass is 16.5.